The first-order valence-electron chi connectivity index (χ1n) is 10.3. The van der Waals surface area contributed by atoms with Crippen LogP contribution in [0, 0.1) is 23.0 Å². The van der Waals surface area contributed by atoms with Crippen molar-refractivity contribution in [2.75, 3.05) is 38.7 Å². The average Bonchev–Trinajstić information content (AvgIpc) is 3.06. The molecule has 13 heteroatoms. The molecular formula is C19H28N4O7S2. The summed E-state index contributed by atoms with van der Waals surface area (Å²) >= 11 is 0. The maximum Gasteiger partial charge on any atom is 0.270 e. The predicted octanol–water partition coefficient (Wildman–Crippen LogP) is 0.796. The van der Waals surface area contributed by atoms with E-state index in [2.05, 4.69) is 0 Å². The lowest BCUT2D eigenvalue weighted by Crippen LogP contribution is -2.53. The van der Waals surface area contributed by atoms with Gasteiger partial charge in [-0.25, -0.2) is 21.8 Å². The lowest BCUT2D eigenvalue weighted by atomic mass is 9.96. The summed E-state index contributed by atoms with van der Waals surface area (Å²) in [4.78, 5) is 23.5. The fourth-order valence-corrected chi connectivity index (χ4v) is 7.73. The Hall–Kier alpha value is -2.09. The Bertz CT molecular complexity index is 1110. The summed E-state index contributed by atoms with van der Waals surface area (Å²) in [6.07, 6.45) is 0.956. The highest BCUT2D eigenvalue weighted by molar-refractivity contribution is 7.91. The number of nitrogens with zero attached hydrogens (tertiary/aromatic N) is 4. The zero-order valence-electron chi connectivity index (χ0n) is 18.3. The summed E-state index contributed by atoms with van der Waals surface area (Å²) < 4.78 is 51.2. The molecule has 0 saturated carbocycles. The van der Waals surface area contributed by atoms with Gasteiger partial charge in [-0.05, 0) is 31.7 Å². The summed E-state index contributed by atoms with van der Waals surface area (Å²) in [5.74, 6) is -0.663. The number of amides is 1. The van der Waals surface area contributed by atoms with Gasteiger partial charge in [-0.1, -0.05) is 6.07 Å². The maximum atomic E-state index is 13.2. The van der Waals surface area contributed by atoms with E-state index < -0.39 is 36.7 Å². The van der Waals surface area contributed by atoms with Gasteiger partial charge in [-0.2, -0.15) is 4.31 Å². The Morgan fingerprint density at radius 3 is 2.31 bits per heavy atom. The molecule has 3 rings (SSSR count). The molecule has 178 valence electrons. The second-order valence-corrected chi connectivity index (χ2v) is 12.6. The highest BCUT2D eigenvalue weighted by Gasteiger charge is 2.40. The second kappa shape index (κ2) is 9.04. The van der Waals surface area contributed by atoms with Crippen molar-refractivity contribution in [1.29, 1.82) is 0 Å². The van der Waals surface area contributed by atoms with Crippen LogP contribution < -0.4 is 0 Å². The highest BCUT2D eigenvalue weighted by atomic mass is 32.2. The number of sulfonamides is 1. The lowest BCUT2D eigenvalue weighted by Gasteiger charge is -2.38. The molecule has 1 atom stereocenters. The molecule has 0 aliphatic carbocycles. The first-order chi connectivity index (χ1) is 14.8. The molecule has 32 heavy (non-hydrogen) atoms. The van der Waals surface area contributed by atoms with Crippen LogP contribution in [-0.2, 0) is 24.7 Å². The van der Waals surface area contributed by atoms with Crippen LogP contribution in [0.3, 0.4) is 0 Å². The van der Waals surface area contributed by atoms with Crippen LogP contribution >= 0.6 is 0 Å². The predicted molar refractivity (Wildman–Crippen MR) is 117 cm³/mol. The molecule has 0 N–H and O–H groups in total. The number of piperidine rings is 1. The van der Waals surface area contributed by atoms with Crippen LogP contribution in [0.2, 0.25) is 0 Å². The number of carbonyl (C=O) groups is 1. The van der Waals surface area contributed by atoms with E-state index in [0.29, 0.717) is 12.0 Å². The van der Waals surface area contributed by atoms with Crippen molar-refractivity contribution >= 4 is 31.5 Å². The molecule has 0 unspecified atom stereocenters. The Morgan fingerprint density at radius 2 is 1.81 bits per heavy atom. The van der Waals surface area contributed by atoms with Crippen LogP contribution in [0.25, 0.3) is 0 Å². The second-order valence-electron chi connectivity index (χ2n) is 8.47. The van der Waals surface area contributed by atoms with Gasteiger partial charge < -0.3 is 0 Å². The fraction of sp³-hybridized carbons (Fsp3) is 0.632. The van der Waals surface area contributed by atoms with Gasteiger partial charge in [0.15, 0.2) is 9.84 Å². The molecule has 1 aromatic carbocycles. The SMILES string of the molecule is Cc1ccc([N+](=O)[O-])cc1S(=O)(=O)N1CCC(C(=O)N([C@H]2CCS(=O)(=O)C2)N(C)C)CC1. The van der Waals surface area contributed by atoms with Gasteiger partial charge in [0.25, 0.3) is 5.69 Å². The van der Waals surface area contributed by atoms with Crippen LogP contribution in [0.1, 0.15) is 24.8 Å². The third-order valence-corrected chi connectivity index (χ3v) is 9.81. The number of aryl methyl sites for hydroxylation is 1. The molecule has 2 heterocycles. The van der Waals surface area contributed by atoms with E-state index in [1.54, 1.807) is 26.0 Å². The Morgan fingerprint density at radius 1 is 1.19 bits per heavy atom. The lowest BCUT2D eigenvalue weighted by molar-refractivity contribution is -0.385. The molecule has 0 aromatic heterocycles. The Kier molecular flexibility index (Phi) is 6.94. The number of sulfone groups is 1. The van der Waals surface area contributed by atoms with E-state index in [0.717, 1.165) is 6.07 Å². The molecule has 2 aliphatic heterocycles. The number of non-ortho nitro benzene ring substituents is 1. The Balaban J connectivity index is 1.73. The van der Waals surface area contributed by atoms with Crippen LogP contribution in [0.5, 0.6) is 0 Å². The summed E-state index contributed by atoms with van der Waals surface area (Å²) in [6, 6.07) is 3.32. The number of carbonyl (C=O) groups excluding carboxylic acids is 1. The molecule has 1 aromatic rings. The van der Waals surface area contributed by atoms with Gasteiger partial charge in [0.05, 0.1) is 27.4 Å². The molecular weight excluding hydrogens is 460 g/mol. The number of hydrogen-bond donors (Lipinski definition) is 0. The summed E-state index contributed by atoms with van der Waals surface area (Å²) in [5.41, 5.74) is 0.113. The molecule has 0 radical (unpaired) electrons. The van der Waals surface area contributed by atoms with Crippen molar-refractivity contribution in [3.8, 4) is 0 Å². The number of hydrogen-bond acceptors (Lipinski definition) is 8. The maximum absolute atomic E-state index is 13.2. The third kappa shape index (κ3) is 4.95. The molecule has 11 nitrogen and oxygen atoms in total. The standard InChI is InChI=1S/C19H28N4O7S2/c1-14-4-5-16(23(25)26)12-18(14)32(29,30)21-9-6-15(7-10-21)19(24)22(20(2)3)17-8-11-31(27,28)13-17/h4-5,12,15,17H,6-11,13H2,1-3H3/t17-/m0/s1. The quantitative estimate of drug-likeness (QED) is 0.423. The normalized spacial score (nSPS) is 22.2. The monoisotopic (exact) mass is 488 g/mol. The van der Waals surface area contributed by atoms with E-state index in [4.69, 9.17) is 0 Å². The number of nitro benzene ring substituents is 1. The topological polar surface area (TPSA) is 138 Å². The van der Waals surface area contributed by atoms with Crippen LogP contribution in [-0.4, -0.2) is 86.7 Å². The van der Waals surface area contributed by atoms with Gasteiger partial charge in [0.2, 0.25) is 15.9 Å². The number of benzene rings is 1. The highest BCUT2D eigenvalue weighted by Crippen LogP contribution is 2.30. The van der Waals surface area contributed by atoms with E-state index in [-0.39, 0.29) is 53.9 Å². The Labute approximate surface area is 188 Å². The smallest absolute Gasteiger partial charge is 0.270 e. The minimum Gasteiger partial charge on any atom is -0.273 e. The first-order valence-corrected chi connectivity index (χ1v) is 13.6. The van der Waals surface area contributed by atoms with Crippen molar-refractivity contribution in [2.24, 2.45) is 5.92 Å². The van der Waals surface area contributed by atoms with Gasteiger partial charge in [0, 0.05) is 45.2 Å². The summed E-state index contributed by atoms with van der Waals surface area (Å²) in [7, 11) is -3.74. The fourth-order valence-electron chi connectivity index (χ4n) is 4.32. The van der Waals surface area contributed by atoms with Crippen molar-refractivity contribution in [1.82, 2.24) is 14.3 Å². The molecule has 1 amide bonds. The van der Waals surface area contributed by atoms with Crippen molar-refractivity contribution in [3.05, 3.63) is 33.9 Å². The number of rotatable bonds is 6. The molecule has 0 spiro atoms. The minimum absolute atomic E-state index is 0.0501. The summed E-state index contributed by atoms with van der Waals surface area (Å²) in [5, 5.41) is 14.2. The van der Waals surface area contributed by atoms with Crippen LogP contribution in [0.4, 0.5) is 5.69 Å². The van der Waals surface area contributed by atoms with Gasteiger partial charge >= 0.3 is 0 Å². The summed E-state index contributed by atoms with van der Waals surface area (Å²) in [6.45, 7) is 1.79. The van der Waals surface area contributed by atoms with E-state index in [1.165, 1.54) is 21.4 Å². The third-order valence-electron chi connectivity index (χ3n) is 6.01. The minimum atomic E-state index is -3.95. The van der Waals surface area contributed by atoms with Gasteiger partial charge in [0.1, 0.15) is 0 Å². The van der Waals surface area contributed by atoms with E-state index in [9.17, 15) is 31.7 Å². The van der Waals surface area contributed by atoms with E-state index >= 15 is 0 Å². The largest absolute Gasteiger partial charge is 0.273 e. The zero-order chi connectivity index (χ0) is 23.8. The number of nitro groups is 1. The molecule has 0 bridgehead atoms. The van der Waals surface area contributed by atoms with Crippen molar-refractivity contribution < 1.29 is 26.6 Å². The van der Waals surface area contributed by atoms with Gasteiger partial charge in [-0.15, -0.1) is 0 Å². The zero-order valence-corrected chi connectivity index (χ0v) is 19.9. The molecule has 2 aliphatic rings. The van der Waals surface area contributed by atoms with Crippen molar-refractivity contribution in [2.45, 2.75) is 37.1 Å². The molecule has 2 fully saturated rings. The van der Waals surface area contributed by atoms with Crippen molar-refractivity contribution in [3.63, 3.8) is 0 Å². The van der Waals surface area contributed by atoms with Crippen LogP contribution in [0.15, 0.2) is 23.1 Å². The number of hydrazine groups is 1. The first kappa shape index (κ1) is 24.6. The average molecular weight is 489 g/mol. The van der Waals surface area contributed by atoms with E-state index in [1.807, 2.05) is 0 Å². The van der Waals surface area contributed by atoms with Gasteiger partial charge in [-0.3, -0.25) is 19.9 Å². The molecule has 2 saturated heterocycles.